The molecule has 3 aliphatic rings. The predicted octanol–water partition coefficient (Wildman–Crippen LogP) is 3.03. The molecule has 4 rings (SSSR count). The van der Waals surface area contributed by atoms with Gasteiger partial charge in [-0.1, -0.05) is 12.8 Å². The second kappa shape index (κ2) is 5.56. The number of carbonyl (C=O) groups excluding carboxylic acids is 1. The van der Waals surface area contributed by atoms with Crippen molar-refractivity contribution in [1.82, 2.24) is 10.4 Å². The van der Waals surface area contributed by atoms with Crippen LogP contribution in [0.4, 0.5) is 4.39 Å². The lowest BCUT2D eigenvalue weighted by molar-refractivity contribution is -0.00282. The molecular formula is C18H23FN2O2. The number of hydrogen-bond donors (Lipinski definition) is 2. The Morgan fingerprint density at radius 3 is 2.74 bits per heavy atom. The highest BCUT2D eigenvalue weighted by molar-refractivity contribution is 5.93. The van der Waals surface area contributed by atoms with Gasteiger partial charge < -0.3 is 0 Å². The molecule has 4 nitrogen and oxygen atoms in total. The standard InChI is InChI=1S/C18H23FN2O2/c19-16-8-13(17(22)20-23)7-12-3-6-21(11-15(12)16)14-9-18(10-14)4-1-2-5-18/h7-8,14,23H,1-6,9-11H2,(H,20,22). The van der Waals surface area contributed by atoms with E-state index in [1.807, 2.05) is 0 Å². The van der Waals surface area contributed by atoms with Crippen molar-refractivity contribution in [3.8, 4) is 0 Å². The Kier molecular flexibility index (Phi) is 3.65. The van der Waals surface area contributed by atoms with Crippen molar-refractivity contribution in [3.05, 3.63) is 34.6 Å². The lowest BCUT2D eigenvalue weighted by Crippen LogP contribution is -2.51. The molecule has 1 heterocycles. The molecule has 2 aliphatic carbocycles. The average Bonchev–Trinajstić information content (AvgIpc) is 3.02. The number of hydroxylamine groups is 1. The second-order valence-corrected chi connectivity index (χ2v) is 7.53. The number of hydrogen-bond acceptors (Lipinski definition) is 3. The van der Waals surface area contributed by atoms with Crippen LogP contribution < -0.4 is 5.48 Å². The first-order chi connectivity index (χ1) is 11.1. The number of halogens is 1. The summed E-state index contributed by atoms with van der Waals surface area (Å²) in [7, 11) is 0. The highest BCUT2D eigenvalue weighted by Gasteiger charge is 2.48. The molecular weight excluding hydrogens is 295 g/mol. The van der Waals surface area contributed by atoms with Crippen LogP contribution >= 0.6 is 0 Å². The van der Waals surface area contributed by atoms with Crippen molar-refractivity contribution in [3.63, 3.8) is 0 Å². The topological polar surface area (TPSA) is 52.6 Å². The second-order valence-electron chi connectivity index (χ2n) is 7.53. The van der Waals surface area contributed by atoms with Crippen LogP contribution in [0.2, 0.25) is 0 Å². The molecule has 5 heteroatoms. The Hall–Kier alpha value is -1.46. The zero-order valence-electron chi connectivity index (χ0n) is 13.3. The van der Waals surface area contributed by atoms with Crippen LogP contribution in [0.1, 0.15) is 60.0 Å². The zero-order chi connectivity index (χ0) is 16.0. The van der Waals surface area contributed by atoms with Crippen molar-refractivity contribution in [2.75, 3.05) is 6.54 Å². The number of amides is 1. The van der Waals surface area contributed by atoms with E-state index in [4.69, 9.17) is 5.21 Å². The van der Waals surface area contributed by atoms with E-state index in [1.54, 1.807) is 11.5 Å². The van der Waals surface area contributed by atoms with Crippen LogP contribution in [0.3, 0.4) is 0 Å². The molecule has 2 fully saturated rings. The number of benzene rings is 1. The van der Waals surface area contributed by atoms with Gasteiger partial charge in [-0.05, 0) is 55.2 Å². The van der Waals surface area contributed by atoms with E-state index in [0.717, 1.165) is 24.1 Å². The van der Waals surface area contributed by atoms with Crippen LogP contribution in [-0.4, -0.2) is 28.6 Å². The molecule has 0 unspecified atom stereocenters. The normalized spacial score (nSPS) is 23.6. The van der Waals surface area contributed by atoms with Crippen molar-refractivity contribution < 1.29 is 14.4 Å². The maximum absolute atomic E-state index is 14.4. The van der Waals surface area contributed by atoms with Gasteiger partial charge in [-0.25, -0.2) is 9.87 Å². The highest BCUT2D eigenvalue weighted by atomic mass is 19.1. The van der Waals surface area contributed by atoms with E-state index >= 15 is 0 Å². The van der Waals surface area contributed by atoms with Crippen LogP contribution in [0.25, 0.3) is 0 Å². The molecule has 23 heavy (non-hydrogen) atoms. The summed E-state index contributed by atoms with van der Waals surface area (Å²) in [6, 6.07) is 3.54. The fourth-order valence-electron chi connectivity index (χ4n) is 4.88. The van der Waals surface area contributed by atoms with E-state index in [2.05, 4.69) is 4.90 Å². The van der Waals surface area contributed by atoms with Gasteiger partial charge in [-0.2, -0.15) is 0 Å². The fraction of sp³-hybridized carbons (Fsp3) is 0.611. The molecule has 124 valence electrons. The third kappa shape index (κ3) is 2.56. The first kappa shape index (κ1) is 15.1. The van der Waals surface area contributed by atoms with E-state index in [-0.39, 0.29) is 11.4 Å². The lowest BCUT2D eigenvalue weighted by Gasteiger charge is -2.51. The van der Waals surface area contributed by atoms with Gasteiger partial charge in [0.2, 0.25) is 0 Å². The molecule has 1 aliphatic heterocycles. The van der Waals surface area contributed by atoms with E-state index < -0.39 is 5.91 Å². The Morgan fingerprint density at radius 2 is 2.04 bits per heavy atom. The van der Waals surface area contributed by atoms with E-state index in [9.17, 15) is 9.18 Å². The van der Waals surface area contributed by atoms with Crippen LogP contribution in [0.15, 0.2) is 12.1 Å². The first-order valence-electron chi connectivity index (χ1n) is 8.60. The van der Waals surface area contributed by atoms with Gasteiger partial charge in [-0.3, -0.25) is 14.9 Å². The lowest BCUT2D eigenvalue weighted by atomic mass is 9.63. The summed E-state index contributed by atoms with van der Waals surface area (Å²) in [5, 5.41) is 8.71. The molecule has 0 atom stereocenters. The third-order valence-electron chi connectivity index (χ3n) is 6.20. The molecule has 0 radical (unpaired) electrons. The Balaban J connectivity index is 1.48. The molecule has 0 bridgehead atoms. The van der Waals surface area contributed by atoms with Crippen molar-refractivity contribution >= 4 is 5.91 Å². The minimum absolute atomic E-state index is 0.186. The van der Waals surface area contributed by atoms with Gasteiger partial charge in [0.1, 0.15) is 5.82 Å². The van der Waals surface area contributed by atoms with Crippen LogP contribution in [0.5, 0.6) is 0 Å². The smallest absolute Gasteiger partial charge is 0.274 e. The van der Waals surface area contributed by atoms with Gasteiger partial charge in [0, 0.05) is 30.3 Å². The number of fused-ring (bicyclic) bond motifs is 1. The number of rotatable bonds is 2. The SMILES string of the molecule is O=C(NO)c1cc(F)c2c(c1)CCN(C1CC3(CCCC3)C1)C2. The molecule has 1 spiro atoms. The minimum Gasteiger partial charge on any atom is -0.296 e. The van der Waals surface area contributed by atoms with Gasteiger partial charge in [-0.15, -0.1) is 0 Å². The average molecular weight is 318 g/mol. The summed E-state index contributed by atoms with van der Waals surface area (Å²) in [6.07, 6.45) is 8.82. The highest BCUT2D eigenvalue weighted by Crippen LogP contribution is 2.55. The zero-order valence-corrected chi connectivity index (χ0v) is 13.3. The number of nitrogens with one attached hydrogen (secondary N) is 1. The maximum atomic E-state index is 14.4. The molecule has 0 aromatic heterocycles. The quantitative estimate of drug-likeness (QED) is 0.651. The molecule has 2 N–H and O–H groups in total. The largest absolute Gasteiger partial charge is 0.296 e. The van der Waals surface area contributed by atoms with Gasteiger partial charge in [0.05, 0.1) is 0 Å². The van der Waals surface area contributed by atoms with Gasteiger partial charge >= 0.3 is 0 Å². The molecule has 0 saturated heterocycles. The summed E-state index contributed by atoms with van der Waals surface area (Å²) >= 11 is 0. The van der Waals surface area contributed by atoms with Crippen molar-refractivity contribution in [2.45, 2.75) is 57.5 Å². The maximum Gasteiger partial charge on any atom is 0.274 e. The third-order valence-corrected chi connectivity index (χ3v) is 6.20. The van der Waals surface area contributed by atoms with Crippen molar-refractivity contribution in [2.24, 2.45) is 5.41 Å². The molecule has 1 aromatic rings. The van der Waals surface area contributed by atoms with Gasteiger partial charge in [0.25, 0.3) is 5.91 Å². The van der Waals surface area contributed by atoms with Crippen molar-refractivity contribution in [1.29, 1.82) is 0 Å². The minimum atomic E-state index is -0.656. The molecule has 1 amide bonds. The first-order valence-corrected chi connectivity index (χ1v) is 8.60. The summed E-state index contributed by atoms with van der Waals surface area (Å²) < 4.78 is 14.4. The Bertz CT molecular complexity index is 632. The Morgan fingerprint density at radius 1 is 1.30 bits per heavy atom. The monoisotopic (exact) mass is 318 g/mol. The predicted molar refractivity (Wildman–Crippen MR) is 83.7 cm³/mol. The Labute approximate surface area is 135 Å². The van der Waals surface area contributed by atoms with E-state index in [1.165, 1.54) is 44.6 Å². The van der Waals surface area contributed by atoms with Crippen LogP contribution in [0, 0.1) is 11.2 Å². The van der Waals surface area contributed by atoms with Gasteiger partial charge in [0.15, 0.2) is 0 Å². The van der Waals surface area contributed by atoms with Crippen LogP contribution in [-0.2, 0) is 13.0 Å². The number of nitrogens with zero attached hydrogens (tertiary/aromatic N) is 1. The summed E-state index contributed by atoms with van der Waals surface area (Å²) in [5.74, 6) is -0.989. The van der Waals surface area contributed by atoms with E-state index in [0.29, 0.717) is 18.0 Å². The fourth-order valence-corrected chi connectivity index (χ4v) is 4.88. The summed E-state index contributed by atoms with van der Waals surface area (Å²) in [5.41, 5.74) is 3.98. The summed E-state index contributed by atoms with van der Waals surface area (Å²) in [6.45, 7) is 1.57. The molecule has 1 aromatic carbocycles. The molecule has 2 saturated carbocycles. The number of carbonyl (C=O) groups is 1. The summed E-state index contributed by atoms with van der Waals surface area (Å²) in [4.78, 5) is 13.9.